The summed E-state index contributed by atoms with van der Waals surface area (Å²) in [5.41, 5.74) is 3.48. The zero-order chi connectivity index (χ0) is 26.5. The van der Waals surface area contributed by atoms with Crippen LogP contribution >= 0.6 is 11.3 Å². The highest BCUT2D eigenvalue weighted by Crippen LogP contribution is 2.28. The van der Waals surface area contributed by atoms with Crippen molar-refractivity contribution in [2.45, 2.75) is 65.5 Å². The Kier molecular flexibility index (Phi) is 8.69. The number of fused-ring (bicyclic) bond motifs is 1. The quantitative estimate of drug-likeness (QED) is 0.380. The number of nitrogens with one attached hydrogen (secondary N) is 1. The second kappa shape index (κ2) is 11.9. The first-order valence-corrected chi connectivity index (χ1v) is 14.0. The lowest BCUT2D eigenvalue weighted by Crippen LogP contribution is -2.40. The van der Waals surface area contributed by atoms with E-state index in [1.165, 1.54) is 12.7 Å². The molecule has 0 bridgehead atoms. The Hall–Kier alpha value is -3.13. The van der Waals surface area contributed by atoms with Gasteiger partial charge in [0.25, 0.3) is 5.91 Å². The zero-order valence-corrected chi connectivity index (χ0v) is 23.0. The van der Waals surface area contributed by atoms with Gasteiger partial charge in [0.1, 0.15) is 12.2 Å². The summed E-state index contributed by atoms with van der Waals surface area (Å²) in [4.78, 5) is 40.6. The minimum absolute atomic E-state index is 0.00123. The predicted molar refractivity (Wildman–Crippen MR) is 148 cm³/mol. The normalized spacial score (nSPS) is 17.6. The molecular formula is C29H37N3O4S. The summed E-state index contributed by atoms with van der Waals surface area (Å²) in [5, 5.41) is 5.13. The molecule has 0 aliphatic heterocycles. The molecule has 1 N–H and O–H groups in total. The molecule has 7 nitrogen and oxygen atoms in total. The van der Waals surface area contributed by atoms with E-state index in [2.05, 4.69) is 31.3 Å². The molecule has 2 amide bonds. The smallest absolute Gasteiger partial charge is 0.308 e. The molecule has 1 fully saturated rings. The summed E-state index contributed by atoms with van der Waals surface area (Å²) in [6.07, 6.45) is 3.82. The first-order valence-electron chi connectivity index (χ1n) is 13.1. The van der Waals surface area contributed by atoms with Crippen molar-refractivity contribution in [1.82, 2.24) is 9.88 Å². The van der Waals surface area contributed by atoms with Gasteiger partial charge in [0.05, 0.1) is 23.2 Å². The molecule has 0 saturated heterocycles. The van der Waals surface area contributed by atoms with Gasteiger partial charge in [0, 0.05) is 18.3 Å². The Labute approximate surface area is 222 Å². The fraction of sp³-hybridized carbons (Fsp3) is 0.483. The van der Waals surface area contributed by atoms with Crippen molar-refractivity contribution in [1.29, 1.82) is 0 Å². The Morgan fingerprint density at radius 1 is 1.14 bits per heavy atom. The highest BCUT2D eigenvalue weighted by atomic mass is 32.1. The summed E-state index contributed by atoms with van der Waals surface area (Å²) >= 11 is 1.56. The van der Waals surface area contributed by atoms with Crippen LogP contribution in [0.3, 0.4) is 0 Å². The number of methoxy groups -OCH3 is 1. The van der Waals surface area contributed by atoms with E-state index in [1.807, 2.05) is 41.1 Å². The third kappa shape index (κ3) is 6.24. The van der Waals surface area contributed by atoms with Crippen molar-refractivity contribution >= 4 is 45.0 Å². The molecule has 1 aromatic carbocycles. The van der Waals surface area contributed by atoms with Gasteiger partial charge in [-0.3, -0.25) is 14.4 Å². The standard InChI is InChI=1S/C29H37N3O4S/c1-5-31(23-8-6-7-20(16-23)15-19(2)3)27(33)18-32-24-13-14-37-26(24)17-25(32)28(34)30-22-11-9-21(10-12-22)29(35)36-4/h6-8,13-14,16-17,19,21-22H,5,9-12,15,18H2,1-4H3,(H,30,34)/t21-,22-. The summed E-state index contributed by atoms with van der Waals surface area (Å²) in [7, 11) is 1.42. The molecule has 198 valence electrons. The van der Waals surface area contributed by atoms with Crippen LogP contribution in [-0.4, -0.2) is 42.0 Å². The van der Waals surface area contributed by atoms with Gasteiger partial charge in [-0.2, -0.15) is 0 Å². The molecule has 1 aliphatic carbocycles. The molecule has 1 saturated carbocycles. The number of amides is 2. The van der Waals surface area contributed by atoms with Crippen LogP contribution in [0.5, 0.6) is 0 Å². The number of anilines is 1. The second-order valence-corrected chi connectivity index (χ2v) is 11.2. The lowest BCUT2D eigenvalue weighted by molar-refractivity contribution is -0.146. The minimum atomic E-state index is -0.181. The summed E-state index contributed by atoms with van der Waals surface area (Å²) in [6, 6.07) is 12.0. The van der Waals surface area contributed by atoms with Crippen LogP contribution in [-0.2, 0) is 27.3 Å². The highest BCUT2D eigenvalue weighted by Gasteiger charge is 2.29. The zero-order valence-electron chi connectivity index (χ0n) is 22.2. The molecule has 37 heavy (non-hydrogen) atoms. The first kappa shape index (κ1) is 26.9. The van der Waals surface area contributed by atoms with Gasteiger partial charge in [0.15, 0.2) is 0 Å². The first-order chi connectivity index (χ1) is 17.8. The molecule has 8 heteroatoms. The second-order valence-electron chi connectivity index (χ2n) is 10.2. The van der Waals surface area contributed by atoms with E-state index < -0.39 is 0 Å². The number of likely N-dealkylation sites (N-methyl/N-ethyl adjacent to an activating group) is 1. The van der Waals surface area contributed by atoms with E-state index in [4.69, 9.17) is 4.74 Å². The van der Waals surface area contributed by atoms with Gasteiger partial charge in [0.2, 0.25) is 5.91 Å². The number of thiophene rings is 1. The molecular weight excluding hydrogens is 486 g/mol. The number of benzene rings is 1. The van der Waals surface area contributed by atoms with E-state index in [0.717, 1.165) is 35.2 Å². The van der Waals surface area contributed by atoms with Crippen molar-refractivity contribution in [3.63, 3.8) is 0 Å². The van der Waals surface area contributed by atoms with Crippen LogP contribution in [0, 0.1) is 11.8 Å². The summed E-state index contributed by atoms with van der Waals surface area (Å²) in [6.45, 7) is 6.97. The van der Waals surface area contributed by atoms with Crippen molar-refractivity contribution in [2.75, 3.05) is 18.6 Å². The van der Waals surface area contributed by atoms with Crippen molar-refractivity contribution in [3.05, 3.63) is 53.0 Å². The number of rotatable bonds is 9. The fourth-order valence-corrected chi connectivity index (χ4v) is 6.10. The lowest BCUT2D eigenvalue weighted by Gasteiger charge is -2.28. The molecule has 0 radical (unpaired) electrons. The number of hydrogen-bond donors (Lipinski definition) is 1. The number of nitrogens with zero attached hydrogens (tertiary/aromatic N) is 2. The third-order valence-electron chi connectivity index (χ3n) is 7.13. The van der Waals surface area contributed by atoms with Crippen molar-refractivity contribution < 1.29 is 19.1 Å². The van der Waals surface area contributed by atoms with E-state index in [9.17, 15) is 14.4 Å². The maximum Gasteiger partial charge on any atom is 0.308 e. The van der Waals surface area contributed by atoms with E-state index in [-0.39, 0.29) is 36.3 Å². The van der Waals surface area contributed by atoms with Gasteiger partial charge >= 0.3 is 5.97 Å². The molecule has 1 aliphatic rings. The Morgan fingerprint density at radius 2 is 1.89 bits per heavy atom. The Morgan fingerprint density at radius 3 is 2.57 bits per heavy atom. The van der Waals surface area contributed by atoms with Crippen molar-refractivity contribution in [2.24, 2.45) is 11.8 Å². The predicted octanol–water partition coefficient (Wildman–Crippen LogP) is 5.42. The number of hydrogen-bond acceptors (Lipinski definition) is 5. The Balaban J connectivity index is 1.50. The van der Waals surface area contributed by atoms with E-state index in [1.54, 1.807) is 16.2 Å². The third-order valence-corrected chi connectivity index (χ3v) is 7.98. The summed E-state index contributed by atoms with van der Waals surface area (Å²) < 4.78 is 7.69. The molecule has 4 rings (SSSR count). The largest absolute Gasteiger partial charge is 0.469 e. The minimum Gasteiger partial charge on any atom is -0.469 e. The lowest BCUT2D eigenvalue weighted by atomic mass is 9.86. The number of carbonyl (C=O) groups excluding carboxylic acids is 3. The maximum atomic E-state index is 13.6. The molecule has 2 aromatic heterocycles. The van der Waals surface area contributed by atoms with Gasteiger partial charge in [-0.25, -0.2) is 0 Å². The number of ether oxygens (including phenoxy) is 1. The molecule has 0 atom stereocenters. The number of esters is 1. The average Bonchev–Trinajstić information content (AvgIpc) is 3.47. The van der Waals surface area contributed by atoms with Crippen LogP contribution in [0.25, 0.3) is 10.2 Å². The van der Waals surface area contributed by atoms with Gasteiger partial charge in [-0.1, -0.05) is 26.0 Å². The SMILES string of the molecule is CCN(C(=O)Cn1c(C(=O)N[C@H]2CC[C@H](C(=O)OC)CC2)cc2sccc21)c1cccc(CC(C)C)c1. The average molecular weight is 524 g/mol. The molecule has 3 aromatic rings. The van der Waals surface area contributed by atoms with Crippen LogP contribution in [0.15, 0.2) is 41.8 Å². The van der Waals surface area contributed by atoms with Crippen LogP contribution in [0.2, 0.25) is 0 Å². The molecule has 2 heterocycles. The van der Waals surface area contributed by atoms with E-state index in [0.29, 0.717) is 31.0 Å². The Bertz CT molecular complexity index is 1250. The highest BCUT2D eigenvalue weighted by molar-refractivity contribution is 7.17. The summed E-state index contributed by atoms with van der Waals surface area (Å²) in [5.74, 6) is 0.0289. The van der Waals surface area contributed by atoms with Gasteiger partial charge < -0.3 is 19.5 Å². The number of carbonyl (C=O) groups is 3. The van der Waals surface area contributed by atoms with Gasteiger partial charge in [-0.15, -0.1) is 11.3 Å². The fourth-order valence-electron chi connectivity index (χ4n) is 5.28. The van der Waals surface area contributed by atoms with E-state index >= 15 is 0 Å². The number of aromatic nitrogens is 1. The molecule has 0 spiro atoms. The van der Waals surface area contributed by atoms with Crippen LogP contribution < -0.4 is 10.2 Å². The van der Waals surface area contributed by atoms with Crippen LogP contribution in [0.1, 0.15) is 62.5 Å². The molecule has 0 unspecified atom stereocenters. The van der Waals surface area contributed by atoms with Crippen molar-refractivity contribution in [3.8, 4) is 0 Å². The van der Waals surface area contributed by atoms with Crippen LogP contribution in [0.4, 0.5) is 5.69 Å². The maximum absolute atomic E-state index is 13.6. The monoisotopic (exact) mass is 523 g/mol. The van der Waals surface area contributed by atoms with Gasteiger partial charge in [-0.05, 0) is 80.2 Å². The topological polar surface area (TPSA) is 80.6 Å².